The van der Waals surface area contributed by atoms with E-state index in [1.54, 1.807) is 18.5 Å². The summed E-state index contributed by atoms with van der Waals surface area (Å²) in [7, 11) is 0. The molecule has 2 aromatic heterocycles. The Hall–Kier alpha value is -2.46. The van der Waals surface area contributed by atoms with Crippen molar-refractivity contribution in [1.82, 2.24) is 10.3 Å². The van der Waals surface area contributed by atoms with Crippen LogP contribution in [-0.2, 0) is 0 Å². The van der Waals surface area contributed by atoms with Gasteiger partial charge in [-0.3, -0.25) is 15.4 Å². The molecule has 3 amide bonds. The van der Waals surface area contributed by atoms with Crippen LogP contribution < -0.4 is 16.0 Å². The van der Waals surface area contributed by atoms with Crippen LogP contribution in [0.1, 0.15) is 71.0 Å². The van der Waals surface area contributed by atoms with Crippen LogP contribution >= 0.6 is 22.7 Å². The number of thiazole rings is 1. The van der Waals surface area contributed by atoms with Crippen LogP contribution in [0.15, 0.2) is 11.6 Å². The van der Waals surface area contributed by atoms with E-state index in [0.29, 0.717) is 17.2 Å². The summed E-state index contributed by atoms with van der Waals surface area (Å²) in [5, 5.41) is 19.7. The maximum Gasteiger partial charge on any atom is 0.339 e. The molecule has 10 heteroatoms. The molecule has 0 saturated heterocycles. The van der Waals surface area contributed by atoms with Crippen LogP contribution in [-0.4, -0.2) is 34.5 Å². The first kappa shape index (κ1) is 22.8. The number of nitrogens with one attached hydrogen (secondary N) is 3. The van der Waals surface area contributed by atoms with Crippen molar-refractivity contribution in [3.8, 4) is 0 Å². The Bertz CT molecular complexity index is 834. The number of aromatic nitrogens is 1. The largest absolute Gasteiger partial charge is 0.478 e. The molecule has 0 spiro atoms. The number of unbranched alkanes of at least 4 members (excludes halogenated alkanes) is 5. The third-order valence-corrected chi connectivity index (χ3v) is 6.16. The second kappa shape index (κ2) is 11.5. The normalized spacial score (nSPS) is 10.6. The summed E-state index contributed by atoms with van der Waals surface area (Å²) in [5.74, 6) is -1.65. The van der Waals surface area contributed by atoms with E-state index in [0.717, 1.165) is 30.6 Å². The van der Waals surface area contributed by atoms with Crippen molar-refractivity contribution >= 4 is 50.7 Å². The number of anilines is 2. The third kappa shape index (κ3) is 6.82. The number of carbonyl (C=O) groups is 3. The minimum Gasteiger partial charge on any atom is -0.478 e. The van der Waals surface area contributed by atoms with E-state index in [2.05, 4.69) is 27.9 Å². The second-order valence-electron chi connectivity index (χ2n) is 6.51. The molecule has 0 saturated carbocycles. The molecule has 0 aliphatic rings. The Kier molecular flexibility index (Phi) is 9.07. The van der Waals surface area contributed by atoms with Crippen molar-refractivity contribution in [2.75, 3.05) is 17.2 Å². The van der Waals surface area contributed by atoms with Gasteiger partial charge in [0.1, 0.15) is 5.00 Å². The standard InChI is InChI=1S/C19H26N4O4S2/c1-3-4-5-6-7-8-9-20-18(27)23-16-13(17(25)26)12(2)14(29-16)15(24)22-19-21-10-11-28-19/h10-11H,3-9H2,1-2H3,(H,25,26)(H2,20,23,27)(H,21,22,24). The van der Waals surface area contributed by atoms with Gasteiger partial charge in [0.05, 0.1) is 10.4 Å². The number of hydrogen-bond acceptors (Lipinski definition) is 6. The Morgan fingerprint density at radius 2 is 1.83 bits per heavy atom. The monoisotopic (exact) mass is 438 g/mol. The summed E-state index contributed by atoms with van der Waals surface area (Å²) in [6.45, 7) is 4.23. The van der Waals surface area contributed by atoms with Crippen molar-refractivity contribution in [2.24, 2.45) is 0 Å². The van der Waals surface area contributed by atoms with E-state index >= 15 is 0 Å². The topological polar surface area (TPSA) is 120 Å². The Labute approximate surface area is 177 Å². The smallest absolute Gasteiger partial charge is 0.339 e. The number of nitrogens with zero attached hydrogens (tertiary/aromatic N) is 1. The third-order valence-electron chi connectivity index (χ3n) is 4.26. The quantitative estimate of drug-likeness (QED) is 0.370. The highest BCUT2D eigenvalue weighted by Gasteiger charge is 2.25. The lowest BCUT2D eigenvalue weighted by Crippen LogP contribution is -2.29. The average molecular weight is 439 g/mol. The maximum absolute atomic E-state index is 12.5. The second-order valence-corrected chi connectivity index (χ2v) is 8.42. The zero-order chi connectivity index (χ0) is 21.2. The summed E-state index contributed by atoms with van der Waals surface area (Å²) in [6, 6.07) is -0.478. The number of carboxylic acids is 1. The summed E-state index contributed by atoms with van der Waals surface area (Å²) in [6.07, 6.45) is 8.23. The van der Waals surface area contributed by atoms with E-state index in [-0.39, 0.29) is 15.4 Å². The number of hydrogen-bond donors (Lipinski definition) is 4. The predicted molar refractivity (Wildman–Crippen MR) is 116 cm³/mol. The highest BCUT2D eigenvalue weighted by Crippen LogP contribution is 2.33. The maximum atomic E-state index is 12.5. The van der Waals surface area contributed by atoms with Gasteiger partial charge in [-0.05, 0) is 18.9 Å². The fourth-order valence-electron chi connectivity index (χ4n) is 2.77. The lowest BCUT2D eigenvalue weighted by Gasteiger charge is -2.07. The number of carbonyl (C=O) groups excluding carboxylic acids is 2. The van der Waals surface area contributed by atoms with Crippen molar-refractivity contribution in [1.29, 1.82) is 0 Å². The van der Waals surface area contributed by atoms with Gasteiger partial charge in [-0.15, -0.1) is 22.7 Å². The van der Waals surface area contributed by atoms with E-state index in [1.165, 1.54) is 30.6 Å². The van der Waals surface area contributed by atoms with Crippen LogP contribution in [0.3, 0.4) is 0 Å². The van der Waals surface area contributed by atoms with Crippen molar-refractivity contribution in [2.45, 2.75) is 52.4 Å². The SMILES string of the molecule is CCCCCCCCNC(=O)Nc1sc(C(=O)Nc2nccs2)c(C)c1C(=O)O. The first-order valence-corrected chi connectivity index (χ1v) is 11.3. The molecule has 2 aromatic rings. The lowest BCUT2D eigenvalue weighted by atomic mass is 10.1. The van der Waals surface area contributed by atoms with Gasteiger partial charge < -0.3 is 10.4 Å². The van der Waals surface area contributed by atoms with Crippen LogP contribution in [0, 0.1) is 6.92 Å². The first-order valence-electron chi connectivity index (χ1n) is 9.56. The minimum atomic E-state index is -1.20. The molecule has 0 radical (unpaired) electrons. The van der Waals surface area contributed by atoms with E-state index in [4.69, 9.17) is 0 Å². The molecule has 2 rings (SSSR count). The molecule has 4 N–H and O–H groups in total. The molecule has 158 valence electrons. The van der Waals surface area contributed by atoms with Gasteiger partial charge in [0, 0.05) is 18.1 Å². The lowest BCUT2D eigenvalue weighted by molar-refractivity contribution is 0.0697. The Morgan fingerprint density at radius 1 is 1.10 bits per heavy atom. The highest BCUT2D eigenvalue weighted by atomic mass is 32.1. The molecule has 0 aromatic carbocycles. The van der Waals surface area contributed by atoms with Gasteiger partial charge in [0.15, 0.2) is 5.13 Å². The van der Waals surface area contributed by atoms with Gasteiger partial charge in [-0.25, -0.2) is 14.6 Å². The van der Waals surface area contributed by atoms with Crippen LogP contribution in [0.2, 0.25) is 0 Å². The van der Waals surface area contributed by atoms with Crippen molar-refractivity contribution in [3.05, 3.63) is 27.6 Å². The molecule has 0 aliphatic carbocycles. The minimum absolute atomic E-state index is 0.0750. The number of thiophene rings is 1. The van der Waals surface area contributed by atoms with Gasteiger partial charge in [0.2, 0.25) is 0 Å². The number of aromatic carboxylic acids is 1. The van der Waals surface area contributed by atoms with E-state index in [1.807, 2.05) is 0 Å². The summed E-state index contributed by atoms with van der Waals surface area (Å²) < 4.78 is 0. The molecule has 29 heavy (non-hydrogen) atoms. The Balaban J connectivity index is 1.96. The molecule has 0 aliphatic heterocycles. The first-order chi connectivity index (χ1) is 13.9. The zero-order valence-corrected chi connectivity index (χ0v) is 18.2. The molecule has 0 bridgehead atoms. The zero-order valence-electron chi connectivity index (χ0n) is 16.5. The van der Waals surface area contributed by atoms with E-state index < -0.39 is 17.9 Å². The number of rotatable bonds is 11. The fraction of sp³-hybridized carbons (Fsp3) is 0.474. The van der Waals surface area contributed by atoms with Crippen LogP contribution in [0.4, 0.5) is 14.9 Å². The van der Waals surface area contributed by atoms with Gasteiger partial charge in [-0.2, -0.15) is 0 Å². The molecular weight excluding hydrogens is 412 g/mol. The molecule has 0 atom stereocenters. The predicted octanol–water partition coefficient (Wildman–Crippen LogP) is 4.95. The number of carboxylic acid groups (broad SMARTS) is 1. The van der Waals surface area contributed by atoms with Gasteiger partial charge in [0.25, 0.3) is 5.91 Å². The van der Waals surface area contributed by atoms with E-state index in [9.17, 15) is 19.5 Å². The van der Waals surface area contributed by atoms with Gasteiger partial charge in [-0.1, -0.05) is 39.0 Å². The number of amides is 3. The number of urea groups is 1. The summed E-state index contributed by atoms with van der Waals surface area (Å²) >= 11 is 2.20. The summed E-state index contributed by atoms with van der Waals surface area (Å²) in [5.41, 5.74) is 0.233. The molecule has 0 fully saturated rings. The van der Waals surface area contributed by atoms with Crippen molar-refractivity contribution in [3.63, 3.8) is 0 Å². The molecular formula is C19H26N4O4S2. The molecule has 0 unspecified atom stereocenters. The van der Waals surface area contributed by atoms with Gasteiger partial charge >= 0.3 is 12.0 Å². The van der Waals surface area contributed by atoms with Crippen LogP contribution in [0.25, 0.3) is 0 Å². The molecule has 2 heterocycles. The molecule has 8 nitrogen and oxygen atoms in total. The Morgan fingerprint density at radius 3 is 2.48 bits per heavy atom. The van der Waals surface area contributed by atoms with Crippen molar-refractivity contribution < 1.29 is 19.5 Å². The summed E-state index contributed by atoms with van der Waals surface area (Å²) in [4.78, 5) is 40.5. The highest BCUT2D eigenvalue weighted by molar-refractivity contribution is 7.19. The fourth-order valence-corrected chi connectivity index (χ4v) is 4.38. The van der Waals surface area contributed by atoms with Crippen LogP contribution in [0.5, 0.6) is 0 Å². The average Bonchev–Trinajstić information content (AvgIpc) is 3.28.